The zero-order valence-electron chi connectivity index (χ0n) is 21.9. The van der Waals surface area contributed by atoms with Crippen LogP contribution in [0.5, 0.6) is 5.75 Å². The van der Waals surface area contributed by atoms with Crippen molar-refractivity contribution < 1.29 is 23.1 Å². The number of imidazole rings is 1. The predicted molar refractivity (Wildman–Crippen MR) is 144 cm³/mol. The number of sulfonamides is 1. The van der Waals surface area contributed by atoms with Crippen molar-refractivity contribution in [1.29, 1.82) is 0 Å². The van der Waals surface area contributed by atoms with Gasteiger partial charge in [-0.05, 0) is 67.5 Å². The lowest BCUT2D eigenvalue weighted by molar-refractivity contribution is -0.132. The van der Waals surface area contributed by atoms with E-state index in [2.05, 4.69) is 4.98 Å². The predicted octanol–water partition coefficient (Wildman–Crippen LogP) is 3.10. The van der Waals surface area contributed by atoms with Crippen LogP contribution in [0.15, 0.2) is 47.4 Å². The normalized spacial score (nSPS) is 17.8. The van der Waals surface area contributed by atoms with Gasteiger partial charge < -0.3 is 19.3 Å². The molecule has 0 spiro atoms. The minimum Gasteiger partial charge on any atom is -0.508 e. The Hall–Kier alpha value is -2.95. The number of phenolic OH excluding ortho intramolecular Hbond substituents is 1. The topological polar surface area (TPSA) is 105 Å². The van der Waals surface area contributed by atoms with Crippen molar-refractivity contribution in [2.24, 2.45) is 13.0 Å². The summed E-state index contributed by atoms with van der Waals surface area (Å²) in [5.74, 6) is 1.82. The SMILES string of the molecule is Cn1c(CCC(=O)N2CCC(CCc3ccc(O)cc3)CC2)nc2cc(S(=O)(=O)N3CCOCC3)ccc21. The number of hydrogen-bond donors (Lipinski definition) is 1. The number of nitrogens with zero attached hydrogens (tertiary/aromatic N) is 4. The molecule has 3 aromatic rings. The second-order valence-electron chi connectivity index (χ2n) is 10.3. The maximum absolute atomic E-state index is 13.0. The highest BCUT2D eigenvalue weighted by Gasteiger charge is 2.27. The molecule has 1 amide bonds. The molecule has 0 atom stereocenters. The van der Waals surface area contributed by atoms with Gasteiger partial charge >= 0.3 is 0 Å². The average molecular weight is 541 g/mol. The molecule has 0 aliphatic carbocycles. The van der Waals surface area contributed by atoms with Crippen molar-refractivity contribution in [2.45, 2.75) is 43.4 Å². The average Bonchev–Trinajstić information content (AvgIpc) is 3.26. The first-order valence-electron chi connectivity index (χ1n) is 13.4. The van der Waals surface area contributed by atoms with Gasteiger partial charge in [0.25, 0.3) is 0 Å². The van der Waals surface area contributed by atoms with E-state index in [9.17, 15) is 18.3 Å². The fourth-order valence-electron chi connectivity index (χ4n) is 5.43. The first-order chi connectivity index (χ1) is 18.3. The van der Waals surface area contributed by atoms with E-state index in [4.69, 9.17) is 4.74 Å². The molecule has 0 bridgehead atoms. The molecule has 0 saturated carbocycles. The highest BCUT2D eigenvalue weighted by atomic mass is 32.2. The van der Waals surface area contributed by atoms with Gasteiger partial charge in [0, 0.05) is 46.1 Å². The Balaban J connectivity index is 1.15. The van der Waals surface area contributed by atoms with E-state index in [1.807, 2.05) is 28.6 Å². The van der Waals surface area contributed by atoms with E-state index in [1.54, 1.807) is 30.3 Å². The molecule has 2 fully saturated rings. The molecule has 10 heteroatoms. The maximum Gasteiger partial charge on any atom is 0.243 e. The monoisotopic (exact) mass is 540 g/mol. The van der Waals surface area contributed by atoms with Gasteiger partial charge in [0.1, 0.15) is 11.6 Å². The summed E-state index contributed by atoms with van der Waals surface area (Å²) in [7, 11) is -1.68. The minimum absolute atomic E-state index is 0.143. The quantitative estimate of drug-likeness (QED) is 0.471. The van der Waals surface area contributed by atoms with Crippen molar-refractivity contribution in [3.63, 3.8) is 0 Å². The van der Waals surface area contributed by atoms with Crippen LogP contribution in [0, 0.1) is 5.92 Å². The van der Waals surface area contributed by atoms with Gasteiger partial charge in [-0.25, -0.2) is 13.4 Å². The van der Waals surface area contributed by atoms with Gasteiger partial charge in [0.15, 0.2) is 0 Å². The number of likely N-dealkylation sites (tertiary alicyclic amines) is 1. The van der Waals surface area contributed by atoms with Crippen LogP contribution in [0.25, 0.3) is 11.0 Å². The number of ether oxygens (including phenoxy) is 1. The molecule has 204 valence electrons. The van der Waals surface area contributed by atoms with Gasteiger partial charge in [0.2, 0.25) is 15.9 Å². The van der Waals surface area contributed by atoms with E-state index in [0.717, 1.165) is 50.1 Å². The number of fused-ring (bicyclic) bond motifs is 1. The molecule has 0 unspecified atom stereocenters. The molecule has 2 aromatic carbocycles. The molecule has 1 N–H and O–H groups in total. The van der Waals surface area contributed by atoms with Crippen molar-refractivity contribution >= 4 is 27.0 Å². The molecule has 0 radical (unpaired) electrons. The Kier molecular flexibility index (Phi) is 8.01. The van der Waals surface area contributed by atoms with Crippen LogP contribution in [0.3, 0.4) is 0 Å². The number of carbonyl (C=O) groups excluding carboxylic acids is 1. The number of morpholine rings is 1. The lowest BCUT2D eigenvalue weighted by Crippen LogP contribution is -2.40. The van der Waals surface area contributed by atoms with E-state index in [0.29, 0.717) is 56.3 Å². The molecule has 2 aliphatic heterocycles. The Morgan fingerprint density at radius 3 is 2.45 bits per heavy atom. The number of aromatic hydroxyl groups is 1. The summed E-state index contributed by atoms with van der Waals surface area (Å²) in [6.07, 6.45) is 4.99. The molecular formula is C28H36N4O5S. The van der Waals surface area contributed by atoms with E-state index in [1.165, 1.54) is 9.87 Å². The molecule has 1 aromatic heterocycles. The number of aromatic nitrogens is 2. The molecular weight excluding hydrogens is 504 g/mol. The molecule has 9 nitrogen and oxygen atoms in total. The summed E-state index contributed by atoms with van der Waals surface area (Å²) in [4.78, 5) is 19.8. The molecule has 2 saturated heterocycles. The molecule has 3 heterocycles. The molecule has 2 aliphatic rings. The Morgan fingerprint density at radius 1 is 1.03 bits per heavy atom. The molecule has 38 heavy (non-hydrogen) atoms. The highest BCUT2D eigenvalue weighted by molar-refractivity contribution is 7.89. The number of aryl methyl sites for hydroxylation is 3. The van der Waals surface area contributed by atoms with Crippen LogP contribution in [0.1, 0.15) is 37.1 Å². The Bertz CT molecular complexity index is 1370. The zero-order chi connectivity index (χ0) is 26.7. The Morgan fingerprint density at radius 2 is 1.74 bits per heavy atom. The van der Waals surface area contributed by atoms with Crippen molar-refractivity contribution in [3.8, 4) is 5.75 Å². The van der Waals surface area contributed by atoms with E-state index in [-0.39, 0.29) is 10.8 Å². The van der Waals surface area contributed by atoms with Crippen molar-refractivity contribution in [2.75, 3.05) is 39.4 Å². The van der Waals surface area contributed by atoms with E-state index >= 15 is 0 Å². The number of amides is 1. The number of phenols is 1. The number of hydrogen-bond acceptors (Lipinski definition) is 6. The van der Waals surface area contributed by atoms with Crippen LogP contribution in [-0.4, -0.2) is 77.6 Å². The van der Waals surface area contributed by atoms with Crippen LogP contribution in [0.2, 0.25) is 0 Å². The van der Waals surface area contributed by atoms with Crippen molar-refractivity contribution in [3.05, 3.63) is 53.9 Å². The third-order valence-electron chi connectivity index (χ3n) is 7.86. The third kappa shape index (κ3) is 5.87. The van der Waals surface area contributed by atoms with Gasteiger partial charge in [-0.1, -0.05) is 12.1 Å². The van der Waals surface area contributed by atoms with Crippen LogP contribution < -0.4 is 0 Å². The summed E-state index contributed by atoms with van der Waals surface area (Å²) < 4.78 is 34.8. The standard InChI is InChI=1S/C28H36N4O5S/c1-30-26-9-8-24(38(35,36)32-16-18-37-19-17-32)20-25(26)29-27(30)10-11-28(34)31-14-12-22(13-15-31)3-2-21-4-6-23(33)7-5-21/h4-9,20,22,33H,2-3,10-19H2,1H3. The smallest absolute Gasteiger partial charge is 0.243 e. The Labute approximate surface area is 224 Å². The zero-order valence-corrected chi connectivity index (χ0v) is 22.7. The fourth-order valence-corrected chi connectivity index (χ4v) is 6.86. The summed E-state index contributed by atoms with van der Waals surface area (Å²) in [6, 6.07) is 12.5. The lowest BCUT2D eigenvalue weighted by Gasteiger charge is -2.32. The van der Waals surface area contributed by atoms with Crippen molar-refractivity contribution in [1.82, 2.24) is 18.8 Å². The summed E-state index contributed by atoms with van der Waals surface area (Å²) in [5, 5.41) is 9.44. The molecule has 5 rings (SSSR count). The fraction of sp³-hybridized carbons (Fsp3) is 0.500. The van der Waals surface area contributed by atoms with Gasteiger partial charge in [-0.3, -0.25) is 4.79 Å². The second kappa shape index (κ2) is 11.4. The first-order valence-corrected chi connectivity index (χ1v) is 14.8. The second-order valence-corrected chi connectivity index (χ2v) is 12.2. The number of piperidine rings is 1. The summed E-state index contributed by atoms with van der Waals surface area (Å²) >= 11 is 0. The maximum atomic E-state index is 13.0. The van der Waals surface area contributed by atoms with Crippen LogP contribution in [0.4, 0.5) is 0 Å². The highest BCUT2D eigenvalue weighted by Crippen LogP contribution is 2.25. The summed E-state index contributed by atoms with van der Waals surface area (Å²) in [6.45, 7) is 3.08. The minimum atomic E-state index is -3.59. The van der Waals surface area contributed by atoms with Crippen LogP contribution in [-0.2, 0) is 39.4 Å². The largest absolute Gasteiger partial charge is 0.508 e. The van der Waals surface area contributed by atoms with Gasteiger partial charge in [0.05, 0.1) is 29.1 Å². The number of carbonyl (C=O) groups is 1. The third-order valence-corrected chi connectivity index (χ3v) is 9.75. The lowest BCUT2D eigenvalue weighted by atomic mass is 9.90. The number of rotatable bonds is 8. The van der Waals surface area contributed by atoms with Gasteiger partial charge in [-0.2, -0.15) is 4.31 Å². The van der Waals surface area contributed by atoms with Crippen LogP contribution >= 0.6 is 0 Å². The number of benzene rings is 2. The first kappa shape index (κ1) is 26.6. The van der Waals surface area contributed by atoms with Gasteiger partial charge in [-0.15, -0.1) is 0 Å². The summed E-state index contributed by atoms with van der Waals surface area (Å²) in [5.41, 5.74) is 2.70. The van der Waals surface area contributed by atoms with E-state index < -0.39 is 10.0 Å².